The monoisotopic (exact) mass is 484 g/mol. The van der Waals surface area contributed by atoms with E-state index in [1.807, 2.05) is 17.8 Å². The van der Waals surface area contributed by atoms with Crippen molar-refractivity contribution in [3.05, 3.63) is 35.7 Å². The van der Waals surface area contributed by atoms with E-state index in [1.165, 1.54) is 55.7 Å². The number of thioether (sulfide) groups is 1. The van der Waals surface area contributed by atoms with E-state index in [-0.39, 0.29) is 0 Å². The first-order chi connectivity index (χ1) is 16.8. The summed E-state index contributed by atoms with van der Waals surface area (Å²) in [7, 11) is 1.76. The molecule has 1 aliphatic carbocycles. The maximum absolute atomic E-state index is 6.02. The molecule has 186 valence electrons. The van der Waals surface area contributed by atoms with Crippen molar-refractivity contribution < 1.29 is 9.47 Å². The van der Waals surface area contributed by atoms with Crippen LogP contribution in [0.4, 0.5) is 0 Å². The Morgan fingerprint density at radius 1 is 1.00 bits per heavy atom. The molecule has 2 aliphatic heterocycles. The van der Waals surface area contributed by atoms with Crippen molar-refractivity contribution in [3.8, 4) is 5.75 Å². The molecule has 0 bridgehead atoms. The fraction of sp³-hybridized carbons (Fsp3) is 0.704. The van der Waals surface area contributed by atoms with Gasteiger partial charge in [-0.15, -0.1) is 10.2 Å². The summed E-state index contributed by atoms with van der Waals surface area (Å²) in [5.74, 6) is 4.68. The van der Waals surface area contributed by atoms with Gasteiger partial charge in [0.05, 0.1) is 19.8 Å². The van der Waals surface area contributed by atoms with Crippen molar-refractivity contribution in [2.45, 2.75) is 88.1 Å². The van der Waals surface area contributed by atoms with Gasteiger partial charge in [0.2, 0.25) is 0 Å². The van der Waals surface area contributed by atoms with Crippen LogP contribution in [0.25, 0.3) is 0 Å². The molecule has 1 aromatic carbocycles. The third-order valence-electron chi connectivity index (χ3n) is 7.87. The molecule has 3 fully saturated rings. The third kappa shape index (κ3) is 5.97. The van der Waals surface area contributed by atoms with Crippen molar-refractivity contribution in [2.24, 2.45) is 5.92 Å². The number of hydrogen-bond acceptors (Lipinski definition) is 6. The molecule has 7 heteroatoms. The zero-order valence-electron chi connectivity index (χ0n) is 20.7. The molecule has 1 unspecified atom stereocenters. The Labute approximate surface area is 208 Å². The topological polar surface area (TPSA) is 52.4 Å². The molecular formula is C27H40N4O2S. The Morgan fingerprint density at radius 2 is 1.82 bits per heavy atom. The number of rotatable bonds is 9. The summed E-state index contributed by atoms with van der Waals surface area (Å²) < 4.78 is 14.0. The Balaban J connectivity index is 1.23. The molecule has 34 heavy (non-hydrogen) atoms. The summed E-state index contributed by atoms with van der Waals surface area (Å²) >= 11 is 1.94. The number of para-hydroxylation sites is 1. The van der Waals surface area contributed by atoms with Gasteiger partial charge in [0.1, 0.15) is 11.6 Å². The zero-order valence-corrected chi connectivity index (χ0v) is 21.5. The molecule has 0 spiro atoms. The highest BCUT2D eigenvalue weighted by molar-refractivity contribution is 7.99. The van der Waals surface area contributed by atoms with Gasteiger partial charge in [-0.2, -0.15) is 0 Å². The van der Waals surface area contributed by atoms with E-state index in [0.29, 0.717) is 12.0 Å². The van der Waals surface area contributed by atoms with Gasteiger partial charge in [-0.1, -0.05) is 49.2 Å². The summed E-state index contributed by atoms with van der Waals surface area (Å²) in [4.78, 5) is 2.55. The smallest absolute Gasteiger partial charge is 0.191 e. The van der Waals surface area contributed by atoms with E-state index in [0.717, 1.165) is 68.9 Å². The minimum Gasteiger partial charge on any atom is -0.496 e. The second-order valence-corrected chi connectivity index (χ2v) is 11.3. The highest BCUT2D eigenvalue weighted by atomic mass is 32.2. The summed E-state index contributed by atoms with van der Waals surface area (Å²) in [5.41, 5.74) is 1.27. The molecule has 3 heterocycles. The van der Waals surface area contributed by atoms with Crippen LogP contribution in [-0.4, -0.2) is 58.3 Å². The molecule has 3 aliphatic rings. The van der Waals surface area contributed by atoms with Crippen molar-refractivity contribution in [1.29, 1.82) is 0 Å². The highest BCUT2D eigenvalue weighted by Crippen LogP contribution is 2.34. The van der Waals surface area contributed by atoms with Crippen LogP contribution < -0.4 is 4.74 Å². The first-order valence-electron chi connectivity index (χ1n) is 13.3. The van der Waals surface area contributed by atoms with Crippen molar-refractivity contribution in [2.75, 3.05) is 32.6 Å². The molecule has 0 amide bonds. The number of aromatic nitrogens is 3. The Bertz CT molecular complexity index is 900. The first kappa shape index (κ1) is 24.1. The van der Waals surface area contributed by atoms with Gasteiger partial charge in [-0.3, -0.25) is 4.90 Å². The van der Waals surface area contributed by atoms with Gasteiger partial charge < -0.3 is 14.0 Å². The number of methoxy groups -OCH3 is 1. The minimum absolute atomic E-state index is 0.314. The molecule has 2 saturated heterocycles. The van der Waals surface area contributed by atoms with Gasteiger partial charge in [0.15, 0.2) is 5.16 Å². The highest BCUT2D eigenvalue weighted by Gasteiger charge is 2.29. The van der Waals surface area contributed by atoms with Crippen LogP contribution in [0.15, 0.2) is 29.4 Å². The fourth-order valence-corrected chi connectivity index (χ4v) is 6.98. The average Bonchev–Trinajstić information content (AvgIpc) is 3.55. The predicted molar refractivity (Wildman–Crippen MR) is 137 cm³/mol. The second kappa shape index (κ2) is 11.9. The summed E-state index contributed by atoms with van der Waals surface area (Å²) in [6.45, 7) is 4.92. The normalized spacial score (nSPS) is 22.9. The van der Waals surface area contributed by atoms with Crippen LogP contribution in [-0.2, 0) is 17.8 Å². The summed E-state index contributed by atoms with van der Waals surface area (Å²) in [6, 6.07) is 8.38. The van der Waals surface area contributed by atoms with Gasteiger partial charge in [-0.05, 0) is 63.6 Å². The van der Waals surface area contributed by atoms with E-state index in [1.54, 1.807) is 7.11 Å². The Kier molecular flexibility index (Phi) is 8.46. The molecular weight excluding hydrogens is 444 g/mol. The molecule has 1 atom stereocenters. The first-order valence-corrected chi connectivity index (χ1v) is 14.3. The molecule has 5 rings (SSSR count). The number of piperidine rings is 1. The summed E-state index contributed by atoms with van der Waals surface area (Å²) in [5, 5.41) is 10.6. The van der Waals surface area contributed by atoms with Crippen LogP contribution in [0.1, 0.15) is 75.1 Å². The van der Waals surface area contributed by atoms with Crippen molar-refractivity contribution >= 4 is 11.8 Å². The molecule has 0 N–H and O–H groups in total. The predicted octanol–water partition coefficient (Wildman–Crippen LogP) is 5.52. The number of nitrogens with zero attached hydrogens (tertiary/aromatic N) is 4. The SMILES string of the molecule is COc1ccccc1CN1CCC(c2nnc(SCC3CCCCC3)n2CC2CCCO2)CC1. The number of ether oxygens (including phenoxy) is 2. The fourth-order valence-electron chi connectivity index (χ4n) is 5.84. The van der Waals surface area contributed by atoms with E-state index in [4.69, 9.17) is 19.7 Å². The standard InChI is InChI=1S/C27H40N4O2S/c1-32-25-12-6-5-10-23(25)18-30-15-13-22(14-16-30)26-28-29-27(31(26)19-24-11-7-17-33-24)34-20-21-8-3-2-4-9-21/h5-6,10,12,21-22,24H,2-4,7-9,11,13-20H2,1H3. The average molecular weight is 485 g/mol. The maximum atomic E-state index is 6.02. The minimum atomic E-state index is 0.314. The van der Waals surface area contributed by atoms with E-state index in [9.17, 15) is 0 Å². The quantitative estimate of drug-likeness (QED) is 0.437. The molecule has 1 aromatic heterocycles. The van der Waals surface area contributed by atoms with Gasteiger partial charge in [-0.25, -0.2) is 0 Å². The number of benzene rings is 1. The molecule has 1 saturated carbocycles. The van der Waals surface area contributed by atoms with Gasteiger partial charge in [0.25, 0.3) is 0 Å². The lowest BCUT2D eigenvalue weighted by atomic mass is 9.91. The van der Waals surface area contributed by atoms with Crippen LogP contribution >= 0.6 is 11.8 Å². The van der Waals surface area contributed by atoms with Gasteiger partial charge in [0, 0.05) is 30.4 Å². The van der Waals surface area contributed by atoms with Crippen molar-refractivity contribution in [1.82, 2.24) is 19.7 Å². The summed E-state index contributed by atoms with van der Waals surface area (Å²) in [6.07, 6.45) is 11.9. The van der Waals surface area contributed by atoms with E-state index < -0.39 is 0 Å². The molecule has 6 nitrogen and oxygen atoms in total. The van der Waals surface area contributed by atoms with E-state index >= 15 is 0 Å². The third-order valence-corrected chi connectivity index (χ3v) is 9.07. The van der Waals surface area contributed by atoms with E-state index in [2.05, 4.69) is 27.7 Å². The lowest BCUT2D eigenvalue weighted by molar-refractivity contribution is 0.0931. The lowest BCUT2D eigenvalue weighted by Crippen LogP contribution is -2.33. The van der Waals surface area contributed by atoms with Crippen LogP contribution in [0, 0.1) is 5.92 Å². The zero-order chi connectivity index (χ0) is 23.2. The number of likely N-dealkylation sites (tertiary alicyclic amines) is 1. The van der Waals surface area contributed by atoms with Crippen LogP contribution in [0.5, 0.6) is 5.75 Å². The largest absolute Gasteiger partial charge is 0.496 e. The van der Waals surface area contributed by atoms with Gasteiger partial charge >= 0.3 is 0 Å². The van der Waals surface area contributed by atoms with Crippen molar-refractivity contribution in [3.63, 3.8) is 0 Å². The lowest BCUT2D eigenvalue weighted by Gasteiger charge is -2.32. The van der Waals surface area contributed by atoms with Crippen LogP contribution in [0.3, 0.4) is 0 Å². The Hall–Kier alpha value is -1.57. The van der Waals surface area contributed by atoms with Crippen LogP contribution in [0.2, 0.25) is 0 Å². The maximum Gasteiger partial charge on any atom is 0.191 e. The number of hydrogen-bond donors (Lipinski definition) is 0. The second-order valence-electron chi connectivity index (χ2n) is 10.3. The molecule has 2 aromatic rings. The molecule has 0 radical (unpaired) electrons. The Morgan fingerprint density at radius 3 is 2.59 bits per heavy atom.